The zero-order valence-corrected chi connectivity index (χ0v) is 14.8. The maximum atomic E-state index is 12.4. The molecule has 0 unspecified atom stereocenters. The van der Waals surface area contributed by atoms with E-state index in [9.17, 15) is 9.59 Å². The minimum absolute atomic E-state index is 0.0912. The molecule has 9 heteroatoms. The predicted octanol–water partition coefficient (Wildman–Crippen LogP) is 0.894. The van der Waals surface area contributed by atoms with Crippen molar-refractivity contribution in [2.24, 2.45) is 5.73 Å². The summed E-state index contributed by atoms with van der Waals surface area (Å²) < 4.78 is 13.4. The molecule has 0 saturated carbocycles. The van der Waals surface area contributed by atoms with Crippen LogP contribution in [0.15, 0.2) is 28.9 Å². The smallest absolute Gasteiger partial charge is 0.367 e. The molecule has 0 amide bonds. The summed E-state index contributed by atoms with van der Waals surface area (Å²) in [6.07, 6.45) is 1.51. The van der Waals surface area contributed by atoms with Crippen LogP contribution in [-0.4, -0.2) is 35.1 Å². The average molecular weight is 358 g/mol. The van der Waals surface area contributed by atoms with Crippen molar-refractivity contribution in [3.05, 3.63) is 35.9 Å². The van der Waals surface area contributed by atoms with Gasteiger partial charge in [0, 0.05) is 19.5 Å². The minimum Gasteiger partial charge on any atom is -0.467 e. The predicted molar refractivity (Wildman–Crippen MR) is 92.5 cm³/mol. The van der Waals surface area contributed by atoms with E-state index in [2.05, 4.69) is 10.3 Å². The van der Waals surface area contributed by atoms with Gasteiger partial charge >= 0.3 is 11.7 Å². The number of carbonyl (C=O) groups is 2. The molecule has 0 spiro atoms. The summed E-state index contributed by atoms with van der Waals surface area (Å²) >= 11 is 0. The van der Waals surface area contributed by atoms with Crippen LogP contribution in [0.5, 0.6) is 0 Å². The van der Waals surface area contributed by atoms with E-state index in [1.54, 1.807) is 16.5 Å². The molecule has 0 aromatic carbocycles. The number of anilines is 1. The maximum Gasteiger partial charge on any atom is 0.367 e. The fourth-order valence-corrected chi connectivity index (χ4v) is 2.86. The summed E-state index contributed by atoms with van der Waals surface area (Å²) in [5.41, 5.74) is 7.81. The number of aryl methyl sites for hydroxylation is 1. The molecule has 9 nitrogen and oxygen atoms in total. The van der Waals surface area contributed by atoms with Crippen molar-refractivity contribution in [1.29, 1.82) is 0 Å². The van der Waals surface area contributed by atoms with Gasteiger partial charge in [0.1, 0.15) is 12.2 Å². The van der Waals surface area contributed by atoms with Gasteiger partial charge in [0.2, 0.25) is 11.5 Å². The number of hydrogen-bond acceptors (Lipinski definition) is 7. The number of rotatable bonds is 5. The zero-order chi connectivity index (χ0) is 18.8. The molecular formula is C17H20N5O4+. The number of furan rings is 1. The first-order chi connectivity index (χ1) is 12.5. The second-order valence-corrected chi connectivity index (χ2v) is 5.69. The fraction of sp³-hybridized carbons (Fsp3) is 0.294. The van der Waals surface area contributed by atoms with Crippen LogP contribution >= 0.6 is 0 Å². The molecule has 0 saturated heterocycles. The van der Waals surface area contributed by atoms with Crippen molar-refractivity contribution in [1.82, 2.24) is 9.55 Å². The van der Waals surface area contributed by atoms with Gasteiger partial charge in [0.05, 0.1) is 19.1 Å². The maximum absolute atomic E-state index is 12.4. The molecule has 26 heavy (non-hydrogen) atoms. The Labute approximate surface area is 149 Å². The number of aromatic nitrogens is 3. The monoisotopic (exact) mass is 358 g/mol. The number of nitrogens with two attached hydrogens (primary N) is 1. The van der Waals surface area contributed by atoms with Gasteiger partial charge in [-0.1, -0.05) is 0 Å². The lowest BCUT2D eigenvalue weighted by atomic mass is 10.3. The van der Waals surface area contributed by atoms with Crippen LogP contribution < -0.4 is 15.5 Å². The quantitative estimate of drug-likeness (QED) is 0.514. The fourth-order valence-electron chi connectivity index (χ4n) is 2.86. The molecule has 3 heterocycles. The molecule has 0 aliphatic carbocycles. The van der Waals surface area contributed by atoms with E-state index >= 15 is 0 Å². The Balaban J connectivity index is 2.38. The summed E-state index contributed by atoms with van der Waals surface area (Å²) in [6.45, 7) is 3.39. The lowest BCUT2D eigenvalue weighted by molar-refractivity contribution is -0.507. The van der Waals surface area contributed by atoms with Crippen LogP contribution in [0.1, 0.15) is 23.1 Å². The van der Waals surface area contributed by atoms with Crippen LogP contribution in [-0.2, 0) is 16.1 Å². The van der Waals surface area contributed by atoms with Gasteiger partial charge in [-0.3, -0.25) is 4.79 Å². The van der Waals surface area contributed by atoms with Gasteiger partial charge in [-0.05, 0) is 19.1 Å². The number of carbonyl (C=O) groups excluding carboxylic acids is 2. The topological polar surface area (TPSA) is 116 Å². The van der Waals surface area contributed by atoms with Gasteiger partial charge in [0.25, 0.3) is 5.91 Å². The van der Waals surface area contributed by atoms with E-state index in [0.29, 0.717) is 23.0 Å². The Morgan fingerprint density at radius 1 is 1.46 bits per heavy atom. The number of nitrogens with one attached hydrogen (secondary N) is 1. The van der Waals surface area contributed by atoms with Crippen LogP contribution in [0.2, 0.25) is 0 Å². The highest BCUT2D eigenvalue weighted by Crippen LogP contribution is 2.29. The lowest BCUT2D eigenvalue weighted by Crippen LogP contribution is -2.34. The van der Waals surface area contributed by atoms with Gasteiger partial charge in [0.15, 0.2) is 5.76 Å². The summed E-state index contributed by atoms with van der Waals surface area (Å²) in [6, 6.07) is 5.27. The van der Waals surface area contributed by atoms with Crippen LogP contribution in [0.4, 0.5) is 5.82 Å². The third kappa shape index (κ3) is 2.93. The van der Waals surface area contributed by atoms with Crippen LogP contribution in [0.3, 0.4) is 0 Å². The number of methoxy groups -OCH3 is 1. The molecule has 0 radical (unpaired) electrons. The molecule has 0 bridgehead atoms. The van der Waals surface area contributed by atoms with E-state index in [1.165, 1.54) is 24.9 Å². The molecule has 3 N–H and O–H groups in total. The molecular weight excluding hydrogens is 338 g/mol. The van der Waals surface area contributed by atoms with Crippen molar-refractivity contribution < 1.29 is 23.1 Å². The largest absolute Gasteiger partial charge is 0.467 e. The number of ether oxygens (including phenoxy) is 1. The van der Waals surface area contributed by atoms with Gasteiger partial charge < -0.3 is 20.2 Å². The van der Waals surface area contributed by atoms with E-state index < -0.39 is 5.97 Å². The van der Waals surface area contributed by atoms with Gasteiger partial charge in [-0.2, -0.15) is 8.97 Å². The molecule has 0 aliphatic heterocycles. The molecule has 3 rings (SSSR count). The molecule has 3 aromatic heterocycles. The van der Waals surface area contributed by atoms with Crippen molar-refractivity contribution >= 4 is 23.5 Å². The third-order valence-corrected chi connectivity index (χ3v) is 3.92. The Hall–Kier alpha value is -3.20. The second-order valence-electron chi connectivity index (χ2n) is 5.69. The molecule has 3 aromatic rings. The first-order valence-corrected chi connectivity index (χ1v) is 8.00. The summed E-state index contributed by atoms with van der Waals surface area (Å²) in [7, 11) is 1.31. The normalized spacial score (nSPS) is 10.9. The van der Waals surface area contributed by atoms with Crippen molar-refractivity contribution in [2.45, 2.75) is 20.4 Å². The van der Waals surface area contributed by atoms with E-state index in [4.69, 9.17) is 14.9 Å². The Kier molecular flexibility index (Phi) is 4.72. The van der Waals surface area contributed by atoms with E-state index in [-0.39, 0.29) is 19.0 Å². The van der Waals surface area contributed by atoms with Crippen molar-refractivity contribution in [2.75, 3.05) is 19.0 Å². The Bertz CT molecular complexity index is 975. The van der Waals surface area contributed by atoms with Crippen LogP contribution in [0.25, 0.3) is 17.2 Å². The van der Waals surface area contributed by atoms with E-state index in [1.807, 2.05) is 13.0 Å². The van der Waals surface area contributed by atoms with Gasteiger partial charge in [-0.15, -0.1) is 4.98 Å². The second kappa shape index (κ2) is 6.96. The SMILES string of the molecule is COC(=O)CNc1c(-c2ccco2)n(C(C)=O)c2nc(C)cc(CN)[n+]12. The number of imidazole rings is 1. The highest BCUT2D eigenvalue weighted by Gasteiger charge is 2.32. The average Bonchev–Trinajstić information content (AvgIpc) is 3.24. The number of hydrogen-bond donors (Lipinski definition) is 2. The lowest BCUT2D eigenvalue weighted by Gasteiger charge is -2.05. The minimum atomic E-state index is -0.450. The molecule has 0 atom stereocenters. The highest BCUT2D eigenvalue weighted by molar-refractivity contribution is 5.88. The Morgan fingerprint density at radius 2 is 2.23 bits per heavy atom. The number of fused-ring (bicyclic) bond motifs is 1. The first kappa shape index (κ1) is 17.6. The van der Waals surface area contributed by atoms with Gasteiger partial charge in [-0.25, -0.2) is 4.79 Å². The Morgan fingerprint density at radius 3 is 2.81 bits per heavy atom. The van der Waals surface area contributed by atoms with Crippen molar-refractivity contribution in [3.63, 3.8) is 0 Å². The third-order valence-electron chi connectivity index (χ3n) is 3.92. The standard InChI is InChI=1S/C17H20N5O4/c1-10-7-12(8-18)22-16(19-9-14(24)25-3)15(13-5-4-6-26-13)21(11(2)23)17(22)20-10/h4-7,19H,8-9,18H2,1-3H3/q+1. The summed E-state index contributed by atoms with van der Waals surface area (Å²) in [5, 5.41) is 3.02. The highest BCUT2D eigenvalue weighted by atomic mass is 16.5. The molecule has 0 aliphatic rings. The first-order valence-electron chi connectivity index (χ1n) is 8.00. The summed E-state index contributed by atoms with van der Waals surface area (Å²) in [4.78, 5) is 28.5. The molecule has 0 fully saturated rings. The zero-order valence-electron chi connectivity index (χ0n) is 14.8. The van der Waals surface area contributed by atoms with Crippen LogP contribution in [0, 0.1) is 6.92 Å². The summed E-state index contributed by atoms with van der Waals surface area (Å²) in [5.74, 6) is 0.620. The number of nitrogens with zero attached hydrogens (tertiary/aromatic N) is 3. The van der Waals surface area contributed by atoms with Crippen molar-refractivity contribution in [3.8, 4) is 11.5 Å². The number of esters is 1. The van der Waals surface area contributed by atoms with E-state index in [0.717, 1.165) is 11.4 Å². The molecule has 136 valence electrons.